The van der Waals surface area contributed by atoms with Crippen LogP contribution in [0.25, 0.3) is 0 Å². The molecule has 0 bridgehead atoms. The van der Waals surface area contributed by atoms with Gasteiger partial charge < -0.3 is 25.2 Å². The summed E-state index contributed by atoms with van der Waals surface area (Å²) in [5.41, 5.74) is 5.15. The van der Waals surface area contributed by atoms with Crippen LogP contribution in [-0.4, -0.2) is 57.2 Å². The van der Waals surface area contributed by atoms with Crippen molar-refractivity contribution in [1.82, 2.24) is 0 Å². The number of benzene rings is 2. The van der Waals surface area contributed by atoms with E-state index in [4.69, 9.17) is 16.3 Å². The minimum absolute atomic E-state index is 0.443. The van der Waals surface area contributed by atoms with Crippen LogP contribution < -0.4 is 0 Å². The zero-order valence-corrected chi connectivity index (χ0v) is 18.4. The molecule has 4 rings (SSSR count). The first-order chi connectivity index (χ1) is 14.4. The molecule has 0 aromatic heterocycles. The van der Waals surface area contributed by atoms with Crippen molar-refractivity contribution in [2.24, 2.45) is 0 Å². The van der Waals surface area contributed by atoms with Gasteiger partial charge in [-0.3, -0.25) is 0 Å². The first kappa shape index (κ1) is 22.1. The van der Waals surface area contributed by atoms with Gasteiger partial charge in [-0.15, -0.1) is 11.8 Å². The van der Waals surface area contributed by atoms with Gasteiger partial charge in [0.05, 0.1) is 6.61 Å². The predicted octanol–water partition coefficient (Wildman–Crippen LogP) is 2.66. The Labute approximate surface area is 185 Å². The highest BCUT2D eigenvalue weighted by Gasteiger charge is 2.45. The Morgan fingerprint density at radius 3 is 2.43 bits per heavy atom. The summed E-state index contributed by atoms with van der Waals surface area (Å²) in [5.74, 6) is 0.883. The normalized spacial score (nSPS) is 28.5. The summed E-state index contributed by atoms with van der Waals surface area (Å²) >= 11 is 8.42. The molecule has 0 spiro atoms. The first-order valence-electron chi connectivity index (χ1n) is 10.3. The summed E-state index contributed by atoms with van der Waals surface area (Å²) < 4.78 is 5.85. The summed E-state index contributed by atoms with van der Waals surface area (Å²) in [6, 6.07) is 10.4. The van der Waals surface area contributed by atoms with Crippen LogP contribution in [0.1, 0.15) is 40.8 Å². The highest BCUT2D eigenvalue weighted by molar-refractivity contribution is 7.99. The summed E-state index contributed by atoms with van der Waals surface area (Å²) in [4.78, 5) is 0.967. The summed E-state index contributed by atoms with van der Waals surface area (Å²) in [5, 5.41) is 41.3. The van der Waals surface area contributed by atoms with E-state index in [1.807, 2.05) is 6.07 Å². The summed E-state index contributed by atoms with van der Waals surface area (Å²) in [7, 11) is 0. The van der Waals surface area contributed by atoms with Crippen LogP contribution >= 0.6 is 23.4 Å². The monoisotopic (exact) mass is 450 g/mol. The van der Waals surface area contributed by atoms with E-state index in [9.17, 15) is 20.4 Å². The molecular formula is C23H27ClO5S. The van der Waals surface area contributed by atoms with Crippen molar-refractivity contribution in [1.29, 1.82) is 0 Å². The minimum atomic E-state index is -1.40. The van der Waals surface area contributed by atoms with Gasteiger partial charge in [0.25, 0.3) is 0 Å². The SMILES string of the molecule is CCc1ccc(Cc2cc(C3OC(CO)C(O)C(O)C3O)c3c(c2Cl)CCS3)cc1. The number of hydrogen-bond acceptors (Lipinski definition) is 6. The standard InChI is InChI=1S/C23H27ClO5S/c1-2-12-3-5-13(6-4-12)9-14-10-16(23-15(18(14)24)7-8-30-23)22-21(28)20(27)19(26)17(11-25)29-22/h3-6,10,17,19-22,25-28H,2,7-9,11H2,1H3. The highest BCUT2D eigenvalue weighted by Crippen LogP contribution is 2.46. The lowest BCUT2D eigenvalue weighted by Gasteiger charge is -2.41. The number of aliphatic hydroxyl groups excluding tert-OH is 4. The van der Waals surface area contributed by atoms with Crippen molar-refractivity contribution in [2.75, 3.05) is 12.4 Å². The maximum absolute atomic E-state index is 10.7. The second-order valence-corrected chi connectivity index (χ2v) is 9.42. The fraction of sp³-hybridized carbons (Fsp3) is 0.478. The van der Waals surface area contributed by atoms with Gasteiger partial charge in [0.15, 0.2) is 0 Å². The number of thioether (sulfide) groups is 1. The number of rotatable bonds is 5. The Bertz CT molecular complexity index is 901. The van der Waals surface area contributed by atoms with Crippen LogP contribution in [0.3, 0.4) is 0 Å². The molecule has 0 amide bonds. The third-order valence-corrected chi connectivity index (χ3v) is 7.69. The van der Waals surface area contributed by atoms with Crippen molar-refractivity contribution < 1.29 is 25.2 Å². The second-order valence-electron chi connectivity index (χ2n) is 7.94. The molecule has 1 fully saturated rings. The topological polar surface area (TPSA) is 90.2 Å². The molecule has 2 aliphatic heterocycles. The van der Waals surface area contributed by atoms with E-state index < -0.39 is 37.1 Å². The van der Waals surface area contributed by atoms with Crippen molar-refractivity contribution in [3.05, 3.63) is 63.2 Å². The number of hydrogen-bond donors (Lipinski definition) is 4. The Balaban J connectivity index is 1.73. The van der Waals surface area contributed by atoms with Crippen LogP contribution in [0, 0.1) is 0 Å². The smallest absolute Gasteiger partial charge is 0.113 e. The van der Waals surface area contributed by atoms with Gasteiger partial charge in [0.2, 0.25) is 0 Å². The summed E-state index contributed by atoms with van der Waals surface area (Å²) in [6.45, 7) is 1.68. The average molecular weight is 451 g/mol. The Morgan fingerprint density at radius 2 is 1.77 bits per heavy atom. The predicted molar refractivity (Wildman–Crippen MR) is 117 cm³/mol. The molecule has 7 heteroatoms. The number of fused-ring (bicyclic) bond motifs is 1. The van der Waals surface area contributed by atoms with Gasteiger partial charge in [-0.05, 0) is 47.1 Å². The maximum Gasteiger partial charge on any atom is 0.113 e. The Kier molecular flexibility index (Phi) is 6.75. The van der Waals surface area contributed by atoms with Crippen LogP contribution in [0.5, 0.6) is 0 Å². The van der Waals surface area contributed by atoms with Crippen molar-refractivity contribution >= 4 is 23.4 Å². The average Bonchev–Trinajstić information content (AvgIpc) is 3.26. The van der Waals surface area contributed by atoms with Crippen LogP contribution in [0.4, 0.5) is 0 Å². The molecule has 5 atom stereocenters. The third kappa shape index (κ3) is 4.02. The number of halogens is 1. The largest absolute Gasteiger partial charge is 0.394 e. The zero-order valence-electron chi connectivity index (χ0n) is 16.8. The van der Waals surface area contributed by atoms with Gasteiger partial charge in [-0.1, -0.05) is 48.9 Å². The molecule has 0 aliphatic carbocycles. The fourth-order valence-electron chi connectivity index (χ4n) is 4.24. The van der Waals surface area contributed by atoms with E-state index in [1.165, 1.54) is 5.56 Å². The van der Waals surface area contributed by atoms with Crippen LogP contribution in [-0.2, 0) is 24.0 Å². The van der Waals surface area contributed by atoms with Gasteiger partial charge in [-0.2, -0.15) is 0 Å². The van der Waals surface area contributed by atoms with Gasteiger partial charge >= 0.3 is 0 Å². The molecule has 162 valence electrons. The van der Waals surface area contributed by atoms with Gasteiger partial charge in [-0.25, -0.2) is 0 Å². The van der Waals surface area contributed by atoms with Crippen molar-refractivity contribution in [3.8, 4) is 0 Å². The zero-order chi connectivity index (χ0) is 21.4. The first-order valence-corrected chi connectivity index (χ1v) is 11.7. The Morgan fingerprint density at radius 1 is 1.07 bits per heavy atom. The van der Waals surface area contributed by atoms with Gasteiger partial charge in [0.1, 0.15) is 30.5 Å². The summed E-state index contributed by atoms with van der Waals surface area (Å²) in [6.07, 6.45) is -3.40. The van der Waals surface area contributed by atoms with Crippen LogP contribution in [0.2, 0.25) is 5.02 Å². The molecule has 0 saturated carbocycles. The molecule has 4 N–H and O–H groups in total. The molecular weight excluding hydrogens is 424 g/mol. The van der Waals surface area contributed by atoms with E-state index >= 15 is 0 Å². The fourth-order valence-corrected chi connectivity index (χ4v) is 5.84. The van der Waals surface area contributed by atoms with E-state index in [1.54, 1.807) is 11.8 Å². The molecule has 5 unspecified atom stereocenters. The molecule has 2 heterocycles. The van der Waals surface area contributed by atoms with Crippen molar-refractivity contribution in [3.63, 3.8) is 0 Å². The number of aryl methyl sites for hydroxylation is 1. The third-order valence-electron chi connectivity index (χ3n) is 6.04. The lowest BCUT2D eigenvalue weighted by atomic mass is 9.88. The van der Waals surface area contributed by atoms with E-state index in [0.717, 1.165) is 50.8 Å². The minimum Gasteiger partial charge on any atom is -0.394 e. The van der Waals surface area contributed by atoms with E-state index in [0.29, 0.717) is 6.42 Å². The Hall–Kier alpha value is -1.12. The molecule has 1 saturated heterocycles. The van der Waals surface area contributed by atoms with E-state index in [2.05, 4.69) is 31.2 Å². The maximum atomic E-state index is 10.7. The molecule has 30 heavy (non-hydrogen) atoms. The number of ether oxygens (including phenoxy) is 1. The quantitative estimate of drug-likeness (QED) is 0.560. The van der Waals surface area contributed by atoms with E-state index in [-0.39, 0.29) is 0 Å². The van der Waals surface area contributed by atoms with Crippen molar-refractivity contribution in [2.45, 2.75) is 61.6 Å². The molecule has 2 aromatic carbocycles. The second kappa shape index (κ2) is 9.17. The lowest BCUT2D eigenvalue weighted by molar-refractivity contribution is -0.232. The lowest BCUT2D eigenvalue weighted by Crippen LogP contribution is -2.55. The molecule has 2 aromatic rings. The molecule has 0 radical (unpaired) electrons. The molecule has 2 aliphatic rings. The van der Waals surface area contributed by atoms with Crippen LogP contribution in [0.15, 0.2) is 35.2 Å². The molecule has 5 nitrogen and oxygen atoms in total. The highest BCUT2D eigenvalue weighted by atomic mass is 35.5. The van der Waals surface area contributed by atoms with Gasteiger partial charge in [0, 0.05) is 15.7 Å². The number of aliphatic hydroxyl groups is 4.